The van der Waals surface area contributed by atoms with E-state index in [4.69, 9.17) is 0 Å². The van der Waals surface area contributed by atoms with Gasteiger partial charge in [-0.2, -0.15) is 5.10 Å². The lowest BCUT2D eigenvalue weighted by atomic mass is 10.1. The van der Waals surface area contributed by atoms with Gasteiger partial charge in [-0.3, -0.25) is 4.79 Å². The van der Waals surface area contributed by atoms with E-state index in [0.29, 0.717) is 5.56 Å². The number of amides is 1. The second-order valence-electron chi connectivity index (χ2n) is 4.59. The maximum Gasteiger partial charge on any atom is 0.271 e. The minimum absolute atomic E-state index is 0.0517. The van der Waals surface area contributed by atoms with Crippen LogP contribution in [0.2, 0.25) is 0 Å². The van der Waals surface area contributed by atoms with Crippen LogP contribution in [0.3, 0.4) is 0 Å². The fourth-order valence-corrected chi connectivity index (χ4v) is 1.72. The standard InChI is InChI=1S/C16H16N2O2/c1-11-6-7-13(8-12(11)2)10-17-18-16(20)14-4-3-5-15(19)9-14/h3-10,19H,1-2H3,(H,18,20)/b17-10+. The van der Waals surface area contributed by atoms with Crippen molar-refractivity contribution in [1.82, 2.24) is 5.43 Å². The Morgan fingerprint density at radius 1 is 1.15 bits per heavy atom. The lowest BCUT2D eigenvalue weighted by molar-refractivity contribution is 0.0954. The topological polar surface area (TPSA) is 61.7 Å². The monoisotopic (exact) mass is 268 g/mol. The number of phenols is 1. The SMILES string of the molecule is Cc1ccc(/C=N/NC(=O)c2cccc(O)c2)cc1C. The van der Waals surface area contributed by atoms with Crippen molar-refractivity contribution in [2.75, 3.05) is 0 Å². The highest BCUT2D eigenvalue weighted by Gasteiger charge is 2.04. The molecule has 0 aliphatic heterocycles. The van der Waals surface area contributed by atoms with E-state index in [1.54, 1.807) is 18.3 Å². The molecule has 0 fully saturated rings. The first-order chi connectivity index (χ1) is 9.56. The van der Waals surface area contributed by atoms with Gasteiger partial charge in [-0.05, 0) is 48.7 Å². The molecule has 2 aromatic carbocycles. The number of hydrazone groups is 1. The summed E-state index contributed by atoms with van der Waals surface area (Å²) in [4.78, 5) is 11.8. The van der Waals surface area contributed by atoms with Crippen LogP contribution in [0, 0.1) is 13.8 Å². The molecule has 2 aromatic rings. The van der Waals surface area contributed by atoms with Gasteiger partial charge < -0.3 is 5.11 Å². The van der Waals surface area contributed by atoms with Gasteiger partial charge in [0, 0.05) is 5.56 Å². The van der Waals surface area contributed by atoms with Crippen molar-refractivity contribution < 1.29 is 9.90 Å². The smallest absolute Gasteiger partial charge is 0.271 e. The van der Waals surface area contributed by atoms with Crippen LogP contribution in [0.5, 0.6) is 5.75 Å². The summed E-state index contributed by atoms with van der Waals surface area (Å²) in [6, 6.07) is 12.1. The van der Waals surface area contributed by atoms with Crippen molar-refractivity contribution in [3.05, 3.63) is 64.7 Å². The Balaban J connectivity index is 2.02. The first kappa shape index (κ1) is 13.8. The number of carbonyl (C=O) groups excluding carboxylic acids is 1. The Labute approximate surface area is 117 Å². The molecule has 0 aliphatic rings. The van der Waals surface area contributed by atoms with Crippen LogP contribution in [-0.4, -0.2) is 17.2 Å². The third-order valence-corrected chi connectivity index (χ3v) is 3.02. The second kappa shape index (κ2) is 6.02. The van der Waals surface area contributed by atoms with Gasteiger partial charge in [0.05, 0.1) is 6.21 Å². The van der Waals surface area contributed by atoms with E-state index < -0.39 is 0 Å². The molecule has 2 rings (SSSR count). The summed E-state index contributed by atoms with van der Waals surface area (Å²) in [5.41, 5.74) is 6.10. The number of hydrogen-bond donors (Lipinski definition) is 2. The molecule has 1 amide bonds. The largest absolute Gasteiger partial charge is 0.508 e. The van der Waals surface area contributed by atoms with Gasteiger partial charge in [0.25, 0.3) is 5.91 Å². The molecule has 0 heterocycles. The molecule has 0 aromatic heterocycles. The van der Waals surface area contributed by atoms with Crippen LogP contribution in [0.25, 0.3) is 0 Å². The van der Waals surface area contributed by atoms with E-state index >= 15 is 0 Å². The van der Waals surface area contributed by atoms with Crippen molar-refractivity contribution in [3.8, 4) is 5.75 Å². The predicted octanol–water partition coefficient (Wildman–Crippen LogP) is 2.77. The zero-order valence-corrected chi connectivity index (χ0v) is 11.4. The van der Waals surface area contributed by atoms with Gasteiger partial charge in [-0.1, -0.05) is 24.3 Å². The highest BCUT2D eigenvalue weighted by Crippen LogP contribution is 2.10. The predicted molar refractivity (Wildman–Crippen MR) is 79.1 cm³/mol. The summed E-state index contributed by atoms with van der Waals surface area (Å²) < 4.78 is 0. The average molecular weight is 268 g/mol. The van der Waals surface area contributed by atoms with Crippen LogP contribution >= 0.6 is 0 Å². The fraction of sp³-hybridized carbons (Fsp3) is 0.125. The minimum atomic E-state index is -0.360. The maximum atomic E-state index is 11.8. The molecular formula is C16H16N2O2. The van der Waals surface area contributed by atoms with Crippen LogP contribution in [0.15, 0.2) is 47.6 Å². The van der Waals surface area contributed by atoms with Crippen molar-refractivity contribution in [2.24, 2.45) is 5.10 Å². The third kappa shape index (κ3) is 3.45. The molecule has 0 unspecified atom stereocenters. The highest BCUT2D eigenvalue weighted by atomic mass is 16.3. The first-order valence-corrected chi connectivity index (χ1v) is 6.26. The van der Waals surface area contributed by atoms with Gasteiger partial charge in [-0.15, -0.1) is 0 Å². The van der Waals surface area contributed by atoms with Crippen LogP contribution < -0.4 is 5.43 Å². The number of nitrogens with zero attached hydrogens (tertiary/aromatic N) is 1. The Hall–Kier alpha value is -2.62. The normalized spacial score (nSPS) is 10.7. The van der Waals surface area contributed by atoms with Crippen LogP contribution in [-0.2, 0) is 0 Å². The molecular weight excluding hydrogens is 252 g/mol. The number of phenolic OH excluding ortho intramolecular Hbond substituents is 1. The number of nitrogens with one attached hydrogen (secondary N) is 1. The number of aromatic hydroxyl groups is 1. The molecule has 0 atom stereocenters. The summed E-state index contributed by atoms with van der Waals surface area (Å²) in [5.74, 6) is -0.309. The third-order valence-electron chi connectivity index (χ3n) is 3.02. The number of rotatable bonds is 3. The first-order valence-electron chi connectivity index (χ1n) is 6.26. The zero-order valence-electron chi connectivity index (χ0n) is 11.4. The molecule has 0 bridgehead atoms. The molecule has 0 radical (unpaired) electrons. The van der Waals surface area contributed by atoms with Crippen LogP contribution in [0.4, 0.5) is 0 Å². The number of aryl methyl sites for hydroxylation is 2. The summed E-state index contributed by atoms with van der Waals surface area (Å²) in [6.45, 7) is 4.07. The van der Waals surface area contributed by atoms with Gasteiger partial charge in [0.2, 0.25) is 0 Å². The molecule has 0 aliphatic carbocycles. The Bertz CT molecular complexity index is 663. The van der Waals surface area contributed by atoms with Gasteiger partial charge >= 0.3 is 0 Å². The summed E-state index contributed by atoms with van der Waals surface area (Å²) >= 11 is 0. The Kier molecular flexibility index (Phi) is 4.15. The van der Waals surface area contributed by atoms with Gasteiger partial charge in [-0.25, -0.2) is 5.43 Å². The second-order valence-corrected chi connectivity index (χ2v) is 4.59. The molecule has 0 saturated carbocycles. The van der Waals surface area contributed by atoms with E-state index in [1.165, 1.54) is 23.3 Å². The summed E-state index contributed by atoms with van der Waals surface area (Å²) in [6.07, 6.45) is 1.59. The molecule has 0 spiro atoms. The molecule has 4 heteroatoms. The fourth-order valence-electron chi connectivity index (χ4n) is 1.72. The van der Waals surface area contributed by atoms with Crippen molar-refractivity contribution in [2.45, 2.75) is 13.8 Å². The summed E-state index contributed by atoms with van der Waals surface area (Å²) in [5, 5.41) is 13.2. The minimum Gasteiger partial charge on any atom is -0.508 e. The Morgan fingerprint density at radius 2 is 1.95 bits per heavy atom. The van der Waals surface area contributed by atoms with E-state index in [1.807, 2.05) is 32.0 Å². The maximum absolute atomic E-state index is 11.8. The molecule has 0 saturated heterocycles. The van der Waals surface area contributed by atoms with E-state index in [0.717, 1.165) is 5.56 Å². The zero-order chi connectivity index (χ0) is 14.5. The molecule has 102 valence electrons. The van der Waals surface area contributed by atoms with Gasteiger partial charge in [0.15, 0.2) is 0 Å². The van der Waals surface area contributed by atoms with Crippen LogP contribution in [0.1, 0.15) is 27.0 Å². The van der Waals surface area contributed by atoms with Crippen molar-refractivity contribution in [1.29, 1.82) is 0 Å². The number of carbonyl (C=O) groups is 1. The van der Waals surface area contributed by atoms with Crippen molar-refractivity contribution in [3.63, 3.8) is 0 Å². The molecule has 4 nitrogen and oxygen atoms in total. The molecule has 2 N–H and O–H groups in total. The lowest BCUT2D eigenvalue weighted by Gasteiger charge is -2.02. The van der Waals surface area contributed by atoms with Crippen molar-refractivity contribution >= 4 is 12.1 Å². The Morgan fingerprint density at radius 3 is 2.65 bits per heavy atom. The van der Waals surface area contributed by atoms with E-state index in [-0.39, 0.29) is 11.7 Å². The average Bonchev–Trinajstić information content (AvgIpc) is 2.42. The van der Waals surface area contributed by atoms with E-state index in [9.17, 15) is 9.90 Å². The molecule has 20 heavy (non-hydrogen) atoms. The number of hydrogen-bond acceptors (Lipinski definition) is 3. The quantitative estimate of drug-likeness (QED) is 0.664. The summed E-state index contributed by atoms with van der Waals surface area (Å²) in [7, 11) is 0. The van der Waals surface area contributed by atoms with E-state index in [2.05, 4.69) is 10.5 Å². The van der Waals surface area contributed by atoms with Gasteiger partial charge in [0.1, 0.15) is 5.75 Å². The number of benzene rings is 2. The lowest BCUT2D eigenvalue weighted by Crippen LogP contribution is -2.17. The highest BCUT2D eigenvalue weighted by molar-refractivity contribution is 5.95.